The molecule has 1 saturated heterocycles. The van der Waals surface area contributed by atoms with Crippen molar-refractivity contribution in [3.05, 3.63) is 46.8 Å². The number of carbonyl (C=O) groups is 1. The number of aromatic nitrogens is 2. The van der Waals surface area contributed by atoms with Gasteiger partial charge < -0.3 is 4.90 Å². The van der Waals surface area contributed by atoms with Gasteiger partial charge in [0, 0.05) is 29.7 Å². The number of hydrogen-bond acceptors (Lipinski definition) is 5. The monoisotopic (exact) mass is 413 g/mol. The Labute approximate surface area is 172 Å². The Balaban J connectivity index is 1.71. The van der Waals surface area contributed by atoms with E-state index in [4.69, 9.17) is 4.98 Å². The second-order valence-corrected chi connectivity index (χ2v) is 9.22. The van der Waals surface area contributed by atoms with E-state index in [-0.39, 0.29) is 11.5 Å². The van der Waals surface area contributed by atoms with Crippen LogP contribution in [-0.4, -0.2) is 39.2 Å². The van der Waals surface area contributed by atoms with Crippen LogP contribution >= 0.6 is 23.1 Å². The van der Waals surface area contributed by atoms with Crippen LogP contribution in [-0.2, 0) is 11.3 Å². The van der Waals surface area contributed by atoms with Gasteiger partial charge in [-0.25, -0.2) is 4.98 Å². The van der Waals surface area contributed by atoms with Gasteiger partial charge in [-0.1, -0.05) is 42.1 Å². The average Bonchev–Trinajstić information content (AvgIpc) is 3.07. The maximum atomic E-state index is 13.3. The minimum Gasteiger partial charge on any atom is -0.342 e. The summed E-state index contributed by atoms with van der Waals surface area (Å²) in [4.78, 5) is 33.3. The van der Waals surface area contributed by atoms with Crippen LogP contribution in [0.4, 0.5) is 0 Å². The van der Waals surface area contributed by atoms with Gasteiger partial charge in [-0.15, -0.1) is 11.3 Å². The van der Waals surface area contributed by atoms with E-state index < -0.39 is 0 Å². The number of hydrogen-bond donors (Lipinski definition) is 0. The third-order valence-corrected chi connectivity index (χ3v) is 6.95. The summed E-state index contributed by atoms with van der Waals surface area (Å²) >= 11 is 2.88. The lowest BCUT2D eigenvalue weighted by Gasteiger charge is -2.26. The van der Waals surface area contributed by atoms with Crippen LogP contribution in [0.25, 0.3) is 20.3 Å². The standard InChI is InChI=1S/C21H23N3O2S2/c1-14(2)12-24-20(26)18-15-8-4-5-9-16(15)28-19(18)22-21(24)27-13-17(25)23-10-6-3-7-11-23/h4-5,8-9H,1,3,6-7,10-13H2,2H3. The molecule has 2 aromatic heterocycles. The summed E-state index contributed by atoms with van der Waals surface area (Å²) in [7, 11) is 0. The quantitative estimate of drug-likeness (QED) is 0.356. The van der Waals surface area contributed by atoms with E-state index in [2.05, 4.69) is 6.58 Å². The summed E-state index contributed by atoms with van der Waals surface area (Å²) in [5.74, 6) is 0.427. The molecule has 0 spiro atoms. The van der Waals surface area contributed by atoms with Crippen molar-refractivity contribution in [1.82, 2.24) is 14.5 Å². The van der Waals surface area contributed by atoms with E-state index in [1.165, 1.54) is 29.5 Å². The van der Waals surface area contributed by atoms with Crippen molar-refractivity contribution in [2.75, 3.05) is 18.8 Å². The van der Waals surface area contributed by atoms with E-state index in [1.54, 1.807) is 4.57 Å². The van der Waals surface area contributed by atoms with E-state index in [1.807, 2.05) is 36.1 Å². The van der Waals surface area contributed by atoms with Crippen LogP contribution < -0.4 is 5.56 Å². The summed E-state index contributed by atoms with van der Waals surface area (Å²) in [6, 6.07) is 7.89. The van der Waals surface area contributed by atoms with Gasteiger partial charge in [0.2, 0.25) is 5.91 Å². The topological polar surface area (TPSA) is 55.2 Å². The highest BCUT2D eigenvalue weighted by molar-refractivity contribution is 7.99. The smallest absolute Gasteiger partial charge is 0.263 e. The zero-order chi connectivity index (χ0) is 19.7. The fourth-order valence-electron chi connectivity index (χ4n) is 3.57. The largest absolute Gasteiger partial charge is 0.342 e. The second-order valence-electron chi connectivity index (χ2n) is 7.25. The Bertz CT molecular complexity index is 1110. The first kappa shape index (κ1) is 19.2. The predicted molar refractivity (Wildman–Crippen MR) is 117 cm³/mol. The molecule has 0 saturated carbocycles. The molecule has 4 rings (SSSR count). The SMILES string of the molecule is C=C(C)Cn1c(SCC(=O)N2CCCCC2)nc2sc3ccccc3c2c1=O. The van der Waals surface area contributed by atoms with Gasteiger partial charge in [0.05, 0.1) is 11.1 Å². The molecular weight excluding hydrogens is 390 g/mol. The van der Waals surface area contributed by atoms with Crippen molar-refractivity contribution in [3.63, 3.8) is 0 Å². The molecule has 3 heterocycles. The fourth-order valence-corrected chi connectivity index (χ4v) is 5.59. The van der Waals surface area contributed by atoms with Crippen molar-refractivity contribution in [2.45, 2.75) is 37.9 Å². The number of carbonyl (C=O) groups excluding carboxylic acids is 1. The molecule has 1 aromatic carbocycles. The average molecular weight is 414 g/mol. The molecule has 1 aliphatic rings. The number of nitrogens with zero attached hydrogens (tertiary/aromatic N) is 3. The Hall–Kier alpha value is -2.12. The number of allylic oxidation sites excluding steroid dienone is 1. The number of benzene rings is 1. The molecule has 0 radical (unpaired) electrons. The van der Waals surface area contributed by atoms with Crippen molar-refractivity contribution in [3.8, 4) is 0 Å². The first-order valence-electron chi connectivity index (χ1n) is 9.51. The molecule has 0 unspecified atom stereocenters. The van der Waals surface area contributed by atoms with Gasteiger partial charge in [-0.3, -0.25) is 14.2 Å². The second kappa shape index (κ2) is 8.09. The van der Waals surface area contributed by atoms with Gasteiger partial charge in [0.1, 0.15) is 4.83 Å². The van der Waals surface area contributed by atoms with Crippen LogP contribution in [0.2, 0.25) is 0 Å². The maximum Gasteiger partial charge on any atom is 0.263 e. The van der Waals surface area contributed by atoms with Gasteiger partial charge in [-0.2, -0.15) is 0 Å². The zero-order valence-electron chi connectivity index (χ0n) is 15.9. The van der Waals surface area contributed by atoms with Gasteiger partial charge in [-0.05, 0) is 32.3 Å². The summed E-state index contributed by atoms with van der Waals surface area (Å²) < 4.78 is 2.72. The fraction of sp³-hybridized carbons (Fsp3) is 0.381. The third-order valence-electron chi connectivity index (χ3n) is 4.93. The van der Waals surface area contributed by atoms with Gasteiger partial charge in [0.15, 0.2) is 5.16 Å². The molecule has 1 aliphatic heterocycles. The van der Waals surface area contributed by atoms with Gasteiger partial charge >= 0.3 is 0 Å². The maximum absolute atomic E-state index is 13.3. The Morgan fingerprint density at radius 1 is 1.25 bits per heavy atom. The summed E-state index contributed by atoms with van der Waals surface area (Å²) in [5, 5.41) is 2.20. The van der Waals surface area contributed by atoms with E-state index in [9.17, 15) is 9.59 Å². The molecule has 5 nitrogen and oxygen atoms in total. The Morgan fingerprint density at radius 3 is 2.75 bits per heavy atom. The highest BCUT2D eigenvalue weighted by atomic mass is 32.2. The van der Waals surface area contributed by atoms with E-state index >= 15 is 0 Å². The molecule has 1 amide bonds. The first-order chi connectivity index (χ1) is 13.5. The number of amides is 1. The third kappa shape index (κ3) is 3.73. The van der Waals surface area contributed by atoms with Crippen LogP contribution in [0, 0.1) is 0 Å². The highest BCUT2D eigenvalue weighted by Crippen LogP contribution is 2.32. The molecule has 7 heteroatoms. The lowest BCUT2D eigenvalue weighted by Crippen LogP contribution is -2.37. The molecule has 0 bridgehead atoms. The molecular formula is C21H23N3O2S2. The Morgan fingerprint density at radius 2 is 2.00 bits per heavy atom. The highest BCUT2D eigenvalue weighted by Gasteiger charge is 2.20. The molecule has 3 aromatic rings. The number of rotatable bonds is 5. The van der Waals surface area contributed by atoms with Crippen LogP contribution in [0.3, 0.4) is 0 Å². The van der Waals surface area contributed by atoms with Crippen molar-refractivity contribution >= 4 is 49.3 Å². The first-order valence-corrected chi connectivity index (χ1v) is 11.3. The normalized spacial score (nSPS) is 14.7. The van der Waals surface area contributed by atoms with Crippen molar-refractivity contribution in [2.24, 2.45) is 0 Å². The van der Waals surface area contributed by atoms with Crippen LogP contribution in [0.1, 0.15) is 26.2 Å². The van der Waals surface area contributed by atoms with Crippen molar-refractivity contribution < 1.29 is 4.79 Å². The number of thioether (sulfide) groups is 1. The predicted octanol–water partition coefficient (Wildman–Crippen LogP) is 4.29. The molecule has 1 fully saturated rings. The van der Waals surface area contributed by atoms with Gasteiger partial charge in [0.25, 0.3) is 5.56 Å². The molecule has 0 N–H and O–H groups in total. The lowest BCUT2D eigenvalue weighted by molar-refractivity contribution is -0.129. The summed E-state index contributed by atoms with van der Waals surface area (Å²) in [6.07, 6.45) is 3.34. The molecule has 0 aliphatic carbocycles. The minimum atomic E-state index is -0.0571. The van der Waals surface area contributed by atoms with Crippen LogP contribution in [0.5, 0.6) is 0 Å². The minimum absolute atomic E-state index is 0.0571. The van der Waals surface area contributed by atoms with E-state index in [0.717, 1.165) is 46.4 Å². The summed E-state index contributed by atoms with van der Waals surface area (Å²) in [5.41, 5.74) is 0.824. The lowest BCUT2D eigenvalue weighted by atomic mass is 10.1. The van der Waals surface area contributed by atoms with Crippen molar-refractivity contribution in [1.29, 1.82) is 0 Å². The molecule has 146 valence electrons. The number of thiophene rings is 1. The number of fused-ring (bicyclic) bond motifs is 3. The molecule has 28 heavy (non-hydrogen) atoms. The van der Waals surface area contributed by atoms with Crippen LogP contribution in [0.15, 0.2) is 46.4 Å². The number of likely N-dealkylation sites (tertiary alicyclic amines) is 1. The zero-order valence-corrected chi connectivity index (χ0v) is 17.6. The number of piperidine rings is 1. The summed E-state index contributed by atoms with van der Waals surface area (Å²) in [6.45, 7) is 7.94. The van der Waals surface area contributed by atoms with E-state index in [0.29, 0.717) is 22.8 Å². The molecule has 0 atom stereocenters. The Kier molecular flexibility index (Phi) is 5.55.